The number of carbonyl (C=O) groups excluding carboxylic acids is 3. The molecule has 0 fully saturated rings. The lowest BCUT2D eigenvalue weighted by Gasteiger charge is -2.18. The molecule has 0 aromatic heterocycles. The quantitative estimate of drug-likeness (QED) is 0.0262. The third-order valence-corrected chi connectivity index (χ3v) is 11.8. The minimum Gasteiger partial charge on any atom is -0.462 e. The topological polar surface area (TPSA) is 78.9 Å². The number of carbonyl (C=O) groups is 3. The highest BCUT2D eigenvalue weighted by Crippen LogP contribution is 2.14. The summed E-state index contributed by atoms with van der Waals surface area (Å²) in [6.07, 6.45) is 74.0. The number of allylic oxidation sites excluding steroid dienone is 16. The Balaban J connectivity index is 4.50. The Morgan fingerprint density at radius 2 is 0.603 bits per heavy atom. The van der Waals surface area contributed by atoms with Crippen LogP contribution in [-0.2, 0) is 28.6 Å². The van der Waals surface area contributed by atoms with Crippen molar-refractivity contribution in [2.75, 3.05) is 13.2 Å². The first-order valence-corrected chi connectivity index (χ1v) is 28.2. The van der Waals surface area contributed by atoms with Crippen molar-refractivity contribution in [2.24, 2.45) is 0 Å². The Hall–Kier alpha value is -3.67. The predicted octanol–water partition coefficient (Wildman–Crippen LogP) is 18.9. The molecule has 1 atom stereocenters. The lowest BCUT2D eigenvalue weighted by molar-refractivity contribution is -0.166. The molecule has 0 rings (SSSR count). The predicted molar refractivity (Wildman–Crippen MR) is 293 cm³/mol. The minimum absolute atomic E-state index is 0.107. The summed E-state index contributed by atoms with van der Waals surface area (Å²) in [7, 11) is 0. The molecule has 6 heteroatoms. The molecule has 0 N–H and O–H groups in total. The molecule has 0 aliphatic heterocycles. The summed E-state index contributed by atoms with van der Waals surface area (Å²) in [5, 5.41) is 0. The zero-order chi connectivity index (χ0) is 49.3. The van der Waals surface area contributed by atoms with Gasteiger partial charge in [0.15, 0.2) is 6.10 Å². The summed E-state index contributed by atoms with van der Waals surface area (Å²) in [5.74, 6) is -1.00. The summed E-state index contributed by atoms with van der Waals surface area (Å²) in [5.41, 5.74) is 0. The maximum absolute atomic E-state index is 12.8. The summed E-state index contributed by atoms with van der Waals surface area (Å²) >= 11 is 0. The van der Waals surface area contributed by atoms with E-state index in [1.807, 2.05) is 6.08 Å². The lowest BCUT2D eigenvalue weighted by Crippen LogP contribution is -2.30. The van der Waals surface area contributed by atoms with E-state index in [4.69, 9.17) is 14.2 Å². The van der Waals surface area contributed by atoms with E-state index in [1.165, 1.54) is 128 Å². The van der Waals surface area contributed by atoms with Gasteiger partial charge in [0.1, 0.15) is 13.2 Å². The van der Waals surface area contributed by atoms with Gasteiger partial charge in [0.25, 0.3) is 0 Å². The third kappa shape index (κ3) is 53.3. The molecule has 0 saturated heterocycles. The fourth-order valence-electron chi connectivity index (χ4n) is 7.57. The summed E-state index contributed by atoms with van der Waals surface area (Å²) < 4.78 is 16.8. The Morgan fingerprint density at radius 3 is 1.03 bits per heavy atom. The second kappa shape index (κ2) is 55.9. The molecule has 68 heavy (non-hydrogen) atoms. The van der Waals surface area contributed by atoms with Gasteiger partial charge in [0.2, 0.25) is 0 Å². The van der Waals surface area contributed by atoms with Gasteiger partial charge in [-0.3, -0.25) is 14.4 Å². The van der Waals surface area contributed by atoms with Crippen molar-refractivity contribution >= 4 is 17.9 Å². The molecule has 0 aliphatic rings. The van der Waals surface area contributed by atoms with Crippen LogP contribution in [0.15, 0.2) is 97.2 Å². The van der Waals surface area contributed by atoms with Gasteiger partial charge < -0.3 is 14.2 Å². The molecule has 0 aromatic rings. The minimum atomic E-state index is -0.814. The van der Waals surface area contributed by atoms with Crippen LogP contribution < -0.4 is 0 Å². The van der Waals surface area contributed by atoms with Gasteiger partial charge in [-0.15, -0.1) is 0 Å². The summed E-state index contributed by atoms with van der Waals surface area (Å²) in [6.45, 7) is 6.43. The maximum atomic E-state index is 12.8. The summed E-state index contributed by atoms with van der Waals surface area (Å²) in [6, 6.07) is 0. The molecular weight excluding hydrogens is 841 g/mol. The van der Waals surface area contributed by atoms with Crippen LogP contribution in [0.2, 0.25) is 0 Å². The van der Waals surface area contributed by atoms with Crippen molar-refractivity contribution in [3.05, 3.63) is 97.2 Å². The van der Waals surface area contributed by atoms with Crippen LogP contribution in [0.25, 0.3) is 0 Å². The Bertz CT molecular complexity index is 1360. The van der Waals surface area contributed by atoms with Gasteiger partial charge >= 0.3 is 17.9 Å². The smallest absolute Gasteiger partial charge is 0.306 e. The molecule has 0 aliphatic carbocycles. The lowest BCUT2D eigenvalue weighted by atomic mass is 10.1. The molecule has 0 amide bonds. The maximum Gasteiger partial charge on any atom is 0.306 e. The number of ether oxygens (including phenoxy) is 3. The van der Waals surface area contributed by atoms with Crippen molar-refractivity contribution in [3.63, 3.8) is 0 Å². The largest absolute Gasteiger partial charge is 0.462 e. The fraction of sp³-hybridized carbons (Fsp3) is 0.694. The van der Waals surface area contributed by atoms with E-state index in [9.17, 15) is 14.4 Å². The van der Waals surface area contributed by atoms with Crippen molar-refractivity contribution in [1.29, 1.82) is 0 Å². The number of hydrogen-bond acceptors (Lipinski definition) is 6. The molecule has 388 valence electrons. The van der Waals surface area contributed by atoms with E-state index >= 15 is 0 Å². The van der Waals surface area contributed by atoms with E-state index < -0.39 is 6.10 Å². The third-order valence-electron chi connectivity index (χ3n) is 11.8. The van der Waals surface area contributed by atoms with Crippen molar-refractivity contribution in [1.82, 2.24) is 0 Å². The molecule has 6 nitrogen and oxygen atoms in total. The number of esters is 3. The first kappa shape index (κ1) is 64.3. The monoisotopic (exact) mass is 945 g/mol. The Labute approximate surface area is 419 Å². The molecule has 1 unspecified atom stereocenters. The number of rotatable bonds is 50. The van der Waals surface area contributed by atoms with Crippen molar-refractivity contribution < 1.29 is 28.6 Å². The molecule has 0 heterocycles. The van der Waals surface area contributed by atoms with E-state index in [1.54, 1.807) is 0 Å². The first-order valence-electron chi connectivity index (χ1n) is 28.2. The standard InChI is InChI=1S/C62H104O6/c1-4-7-10-13-16-19-22-25-28-31-34-37-40-43-46-49-52-55-61(64)67-58-59(57-66-60(63)54-51-48-45-42-39-36-33-30-27-24-21-18-15-12-9-6-3)68-62(65)56-53-50-47-44-41-38-35-32-29-26-23-20-17-14-11-8-5-2/h9,12,16,18-19,21,25-30,36,39,45,48,59H,4-8,10-11,13-15,17,20,22-24,31-35,37-38,40-44,46-47,49-58H2,1-3H3/b12-9-,19-16-,21-18-,28-25-,29-26-,30-27-,39-36-,48-45-. The van der Waals surface area contributed by atoms with Crippen LogP contribution >= 0.6 is 0 Å². The number of hydrogen-bond donors (Lipinski definition) is 0. The van der Waals surface area contributed by atoms with Crippen LogP contribution in [0.5, 0.6) is 0 Å². The van der Waals surface area contributed by atoms with Crippen molar-refractivity contribution in [2.45, 2.75) is 264 Å². The van der Waals surface area contributed by atoms with E-state index in [0.29, 0.717) is 19.3 Å². The van der Waals surface area contributed by atoms with Gasteiger partial charge in [-0.25, -0.2) is 0 Å². The first-order chi connectivity index (χ1) is 33.5. The normalized spacial score (nSPS) is 12.8. The van der Waals surface area contributed by atoms with Gasteiger partial charge in [-0.1, -0.05) is 227 Å². The zero-order valence-corrected chi connectivity index (χ0v) is 44.3. The second-order valence-corrected chi connectivity index (χ2v) is 18.5. The zero-order valence-electron chi connectivity index (χ0n) is 44.3. The Kier molecular flexibility index (Phi) is 52.9. The summed E-state index contributed by atoms with van der Waals surface area (Å²) in [4.78, 5) is 38.1. The second-order valence-electron chi connectivity index (χ2n) is 18.5. The molecule has 0 radical (unpaired) electrons. The van der Waals surface area contributed by atoms with Crippen LogP contribution in [0, 0.1) is 0 Å². The average Bonchev–Trinajstić information content (AvgIpc) is 3.34. The van der Waals surface area contributed by atoms with Gasteiger partial charge in [-0.2, -0.15) is 0 Å². The number of unbranched alkanes of at least 4 members (excludes halogenated alkanes) is 23. The highest BCUT2D eigenvalue weighted by molar-refractivity contribution is 5.71. The average molecular weight is 946 g/mol. The van der Waals surface area contributed by atoms with Crippen LogP contribution in [0.1, 0.15) is 258 Å². The van der Waals surface area contributed by atoms with Gasteiger partial charge in [0, 0.05) is 19.3 Å². The van der Waals surface area contributed by atoms with Crippen LogP contribution in [-0.4, -0.2) is 37.2 Å². The highest BCUT2D eigenvalue weighted by Gasteiger charge is 2.19. The molecule has 0 aromatic carbocycles. The molecule has 0 saturated carbocycles. The van der Waals surface area contributed by atoms with Crippen molar-refractivity contribution in [3.8, 4) is 0 Å². The SMILES string of the molecule is CC/C=C\C/C=C\C/C=C\C/C=C\C/C=C\CCC(=O)OCC(COC(=O)CCCCCCCCC/C=C\C/C=C\CCCCC)OC(=O)CCCCCCCCC/C=C\CCCCCCCC. The molecule has 0 spiro atoms. The van der Waals surface area contributed by atoms with Crippen LogP contribution in [0.3, 0.4) is 0 Å². The van der Waals surface area contributed by atoms with Crippen LogP contribution in [0.4, 0.5) is 0 Å². The van der Waals surface area contributed by atoms with Gasteiger partial charge in [0.05, 0.1) is 0 Å². The van der Waals surface area contributed by atoms with Gasteiger partial charge in [-0.05, 0) is 109 Å². The Morgan fingerprint density at radius 1 is 0.309 bits per heavy atom. The fourth-order valence-corrected chi connectivity index (χ4v) is 7.57. The molecule has 0 bridgehead atoms. The van der Waals surface area contributed by atoms with E-state index in [0.717, 1.165) is 83.5 Å². The van der Waals surface area contributed by atoms with E-state index in [2.05, 4.69) is 112 Å². The molecular formula is C62H104O6. The van der Waals surface area contributed by atoms with E-state index in [-0.39, 0.29) is 37.5 Å². The highest BCUT2D eigenvalue weighted by atomic mass is 16.6.